The Balaban J connectivity index is 0.00000110. The fourth-order valence-corrected chi connectivity index (χ4v) is 3.45. The van der Waals surface area contributed by atoms with Gasteiger partial charge in [-0.25, -0.2) is 0 Å². The van der Waals surface area contributed by atoms with Gasteiger partial charge in [-0.2, -0.15) is 0 Å². The van der Waals surface area contributed by atoms with Crippen molar-refractivity contribution in [2.75, 3.05) is 45.9 Å². The van der Waals surface area contributed by atoms with Gasteiger partial charge in [0.2, 0.25) is 0 Å². The number of hydrogen-bond donors (Lipinski definition) is 1. The van der Waals surface area contributed by atoms with E-state index in [1.54, 1.807) is 0 Å². The molecule has 0 aliphatic carbocycles. The van der Waals surface area contributed by atoms with Crippen molar-refractivity contribution in [2.24, 2.45) is 0 Å². The van der Waals surface area contributed by atoms with Crippen molar-refractivity contribution in [3.8, 4) is 0 Å². The molecule has 0 spiro atoms. The molecule has 0 radical (unpaired) electrons. The highest BCUT2D eigenvalue weighted by Crippen LogP contribution is 2.21. The Hall–Kier alpha value is -0.0700. The molecule has 0 aromatic heterocycles. The Bertz CT molecular complexity index is 321. The van der Waals surface area contributed by atoms with Gasteiger partial charge in [0.1, 0.15) is 6.10 Å². The SMILES string of the molecule is Cl.Cl.O=C(C1CNCCO1)N1CCC(N2CCCCC2)C1. The van der Waals surface area contributed by atoms with Gasteiger partial charge in [-0.3, -0.25) is 9.69 Å². The van der Waals surface area contributed by atoms with Crippen LogP contribution in [0, 0.1) is 0 Å². The van der Waals surface area contributed by atoms with Crippen LogP contribution in [-0.4, -0.2) is 73.7 Å². The first kappa shape index (κ1) is 19.0. The first-order chi connectivity index (χ1) is 9.34. The summed E-state index contributed by atoms with van der Waals surface area (Å²) in [7, 11) is 0. The van der Waals surface area contributed by atoms with Gasteiger partial charge in [-0.1, -0.05) is 6.42 Å². The van der Waals surface area contributed by atoms with Gasteiger partial charge in [0.15, 0.2) is 0 Å². The van der Waals surface area contributed by atoms with Crippen molar-refractivity contribution in [1.29, 1.82) is 0 Å². The molecule has 0 aromatic rings. The van der Waals surface area contributed by atoms with Crippen LogP contribution >= 0.6 is 24.8 Å². The Labute approximate surface area is 139 Å². The predicted octanol–water partition coefficient (Wildman–Crippen LogP) is 0.905. The normalized spacial score (nSPS) is 30.4. The van der Waals surface area contributed by atoms with E-state index in [1.165, 1.54) is 32.4 Å². The molecule has 3 aliphatic rings. The first-order valence-electron chi connectivity index (χ1n) is 7.70. The number of nitrogens with zero attached hydrogens (tertiary/aromatic N) is 2. The number of likely N-dealkylation sites (tertiary alicyclic amines) is 2. The van der Waals surface area contributed by atoms with E-state index in [1.807, 2.05) is 4.90 Å². The second kappa shape index (κ2) is 9.16. The predicted molar refractivity (Wildman–Crippen MR) is 87.5 cm³/mol. The molecule has 0 bridgehead atoms. The molecule has 0 saturated carbocycles. The van der Waals surface area contributed by atoms with Crippen molar-refractivity contribution in [3.05, 3.63) is 0 Å². The Morgan fingerprint density at radius 3 is 2.52 bits per heavy atom. The minimum absolute atomic E-state index is 0. The second-order valence-electron chi connectivity index (χ2n) is 5.89. The van der Waals surface area contributed by atoms with E-state index in [9.17, 15) is 4.79 Å². The summed E-state index contributed by atoms with van der Waals surface area (Å²) in [6.07, 6.45) is 4.88. The largest absolute Gasteiger partial charge is 0.366 e. The number of nitrogens with one attached hydrogen (secondary N) is 1. The lowest BCUT2D eigenvalue weighted by atomic mass is 10.1. The molecule has 3 rings (SSSR count). The number of carbonyl (C=O) groups excluding carboxylic acids is 1. The van der Waals surface area contributed by atoms with Crippen molar-refractivity contribution < 1.29 is 9.53 Å². The number of halogens is 2. The van der Waals surface area contributed by atoms with Crippen LogP contribution in [0.3, 0.4) is 0 Å². The summed E-state index contributed by atoms with van der Waals surface area (Å²) < 4.78 is 5.57. The second-order valence-corrected chi connectivity index (χ2v) is 5.89. The quantitative estimate of drug-likeness (QED) is 0.812. The van der Waals surface area contributed by atoms with Crippen LogP contribution in [0.4, 0.5) is 0 Å². The highest BCUT2D eigenvalue weighted by Gasteiger charge is 2.34. The summed E-state index contributed by atoms with van der Waals surface area (Å²) >= 11 is 0. The van der Waals surface area contributed by atoms with Gasteiger partial charge in [-0.05, 0) is 32.4 Å². The molecule has 1 amide bonds. The lowest BCUT2D eigenvalue weighted by Crippen LogP contribution is -2.49. The van der Waals surface area contributed by atoms with E-state index in [0.717, 1.165) is 26.1 Å². The van der Waals surface area contributed by atoms with Crippen LogP contribution in [0.1, 0.15) is 25.7 Å². The minimum Gasteiger partial charge on any atom is -0.366 e. The van der Waals surface area contributed by atoms with Gasteiger partial charge in [0, 0.05) is 32.2 Å². The van der Waals surface area contributed by atoms with E-state index in [4.69, 9.17) is 4.74 Å². The maximum absolute atomic E-state index is 12.4. The molecule has 21 heavy (non-hydrogen) atoms. The summed E-state index contributed by atoms with van der Waals surface area (Å²) in [5.41, 5.74) is 0. The summed E-state index contributed by atoms with van der Waals surface area (Å²) in [6, 6.07) is 0.584. The molecule has 7 heteroatoms. The molecule has 3 heterocycles. The van der Waals surface area contributed by atoms with Crippen LogP contribution in [0.5, 0.6) is 0 Å². The van der Waals surface area contributed by atoms with E-state index < -0.39 is 0 Å². The number of amides is 1. The molecule has 3 saturated heterocycles. The molecule has 3 aliphatic heterocycles. The van der Waals surface area contributed by atoms with Gasteiger partial charge in [0.25, 0.3) is 5.91 Å². The van der Waals surface area contributed by atoms with Crippen molar-refractivity contribution in [2.45, 2.75) is 37.8 Å². The molecule has 2 unspecified atom stereocenters. The molecule has 3 fully saturated rings. The molecule has 0 aromatic carbocycles. The lowest BCUT2D eigenvalue weighted by Gasteiger charge is -2.32. The molecule has 2 atom stereocenters. The molecule has 1 N–H and O–H groups in total. The topological polar surface area (TPSA) is 44.8 Å². The van der Waals surface area contributed by atoms with Gasteiger partial charge in [-0.15, -0.1) is 24.8 Å². The molecule has 5 nitrogen and oxygen atoms in total. The number of carbonyl (C=O) groups is 1. The van der Waals surface area contributed by atoms with E-state index in [-0.39, 0.29) is 36.8 Å². The number of hydrogen-bond acceptors (Lipinski definition) is 4. The Morgan fingerprint density at radius 2 is 1.86 bits per heavy atom. The molecular formula is C14H27Cl2N3O2. The highest BCUT2D eigenvalue weighted by atomic mass is 35.5. The van der Waals surface area contributed by atoms with Crippen molar-refractivity contribution in [3.63, 3.8) is 0 Å². The number of rotatable bonds is 2. The maximum atomic E-state index is 12.4. The van der Waals surface area contributed by atoms with Crippen molar-refractivity contribution >= 4 is 30.7 Å². The summed E-state index contributed by atoms with van der Waals surface area (Å²) in [4.78, 5) is 17.0. The Kier molecular flexibility index (Phi) is 8.27. The van der Waals surface area contributed by atoms with Crippen LogP contribution in [0.15, 0.2) is 0 Å². The van der Waals surface area contributed by atoms with Crippen LogP contribution < -0.4 is 5.32 Å². The zero-order valence-corrected chi connectivity index (χ0v) is 14.1. The summed E-state index contributed by atoms with van der Waals surface area (Å²) in [5.74, 6) is 0.187. The van der Waals surface area contributed by atoms with E-state index in [2.05, 4.69) is 10.2 Å². The smallest absolute Gasteiger partial charge is 0.253 e. The van der Waals surface area contributed by atoms with Crippen LogP contribution in [0.25, 0.3) is 0 Å². The van der Waals surface area contributed by atoms with Crippen LogP contribution in [-0.2, 0) is 9.53 Å². The third-order valence-electron chi connectivity index (χ3n) is 4.59. The molecular weight excluding hydrogens is 313 g/mol. The summed E-state index contributed by atoms with van der Waals surface area (Å²) in [6.45, 7) is 6.42. The number of ether oxygens (including phenoxy) is 1. The minimum atomic E-state index is -0.256. The maximum Gasteiger partial charge on any atom is 0.253 e. The lowest BCUT2D eigenvalue weighted by molar-refractivity contribution is -0.144. The monoisotopic (exact) mass is 339 g/mol. The third-order valence-corrected chi connectivity index (χ3v) is 4.59. The zero-order valence-electron chi connectivity index (χ0n) is 12.5. The third kappa shape index (κ3) is 4.70. The van der Waals surface area contributed by atoms with Crippen molar-refractivity contribution in [1.82, 2.24) is 15.1 Å². The fraction of sp³-hybridized carbons (Fsp3) is 0.929. The van der Waals surface area contributed by atoms with Gasteiger partial charge in [0.05, 0.1) is 6.61 Å². The average Bonchev–Trinajstić information content (AvgIpc) is 2.98. The standard InChI is InChI=1S/C14H25N3O2.2ClH/c18-14(13-10-15-5-9-19-13)17-8-4-12(11-17)16-6-2-1-3-7-16;;/h12-13,15H,1-11H2;2*1H. The highest BCUT2D eigenvalue weighted by molar-refractivity contribution is 5.85. The van der Waals surface area contributed by atoms with Crippen LogP contribution in [0.2, 0.25) is 0 Å². The Morgan fingerprint density at radius 1 is 1.10 bits per heavy atom. The van der Waals surface area contributed by atoms with E-state index >= 15 is 0 Å². The molecule has 124 valence electrons. The zero-order chi connectivity index (χ0) is 13.1. The first-order valence-corrected chi connectivity index (χ1v) is 7.70. The summed E-state index contributed by atoms with van der Waals surface area (Å²) in [5, 5.41) is 3.23. The fourth-order valence-electron chi connectivity index (χ4n) is 3.45. The van der Waals surface area contributed by atoms with Gasteiger partial charge >= 0.3 is 0 Å². The number of piperidine rings is 1. The van der Waals surface area contributed by atoms with Gasteiger partial charge < -0.3 is 15.0 Å². The van der Waals surface area contributed by atoms with E-state index in [0.29, 0.717) is 19.2 Å². The average molecular weight is 340 g/mol. The number of morpholine rings is 1.